The number of hydrogen-bond donors (Lipinski definition) is 2. The Labute approximate surface area is 110 Å². The Balaban J connectivity index is 1.50. The minimum atomic E-state index is -0.0671. The molecule has 2 fully saturated rings. The van der Waals surface area contributed by atoms with Gasteiger partial charge in [-0.05, 0) is 31.4 Å². The molecule has 1 spiro atoms. The van der Waals surface area contributed by atoms with Gasteiger partial charge in [0.1, 0.15) is 5.69 Å². The molecule has 3 heterocycles. The molecule has 98 valence electrons. The van der Waals surface area contributed by atoms with Gasteiger partial charge in [0.15, 0.2) is 0 Å². The zero-order valence-corrected chi connectivity index (χ0v) is 10.5. The molecule has 5 nitrogen and oxygen atoms in total. The summed E-state index contributed by atoms with van der Waals surface area (Å²) in [6.45, 7) is 0.632. The number of carbonyl (C=O) groups is 1. The predicted molar refractivity (Wildman–Crippen MR) is 69.9 cm³/mol. The van der Waals surface area contributed by atoms with Gasteiger partial charge in [-0.15, -0.1) is 0 Å². The average molecular weight is 257 g/mol. The molecule has 2 aromatic rings. The first-order valence-electron chi connectivity index (χ1n) is 6.62. The molecule has 1 atom stereocenters. The second kappa shape index (κ2) is 3.81. The summed E-state index contributed by atoms with van der Waals surface area (Å²) in [6.07, 6.45) is 6.67. The standard InChI is InChI=1S/C14H15N3O2/c18-13(16-10-6-14(2-3-14)19-8-10)11-5-9-1-4-15-7-12(9)17-11/h1,4-5,7,10,17H,2-3,6,8H2,(H,16,18). The minimum Gasteiger partial charge on any atom is -0.373 e. The molecule has 0 aromatic carbocycles. The lowest BCUT2D eigenvalue weighted by Crippen LogP contribution is -2.35. The van der Waals surface area contributed by atoms with E-state index in [0.717, 1.165) is 30.2 Å². The van der Waals surface area contributed by atoms with Crippen LogP contribution in [0.2, 0.25) is 0 Å². The van der Waals surface area contributed by atoms with Crippen LogP contribution in [0.4, 0.5) is 0 Å². The largest absolute Gasteiger partial charge is 0.373 e. The highest BCUT2D eigenvalue weighted by Crippen LogP contribution is 2.47. The van der Waals surface area contributed by atoms with Crippen molar-refractivity contribution in [3.8, 4) is 0 Å². The Morgan fingerprint density at radius 3 is 3.16 bits per heavy atom. The van der Waals surface area contributed by atoms with Crippen molar-refractivity contribution in [1.82, 2.24) is 15.3 Å². The van der Waals surface area contributed by atoms with Crippen LogP contribution in [0.25, 0.3) is 10.9 Å². The summed E-state index contributed by atoms with van der Waals surface area (Å²) in [4.78, 5) is 19.3. The number of amides is 1. The molecule has 0 radical (unpaired) electrons. The summed E-state index contributed by atoms with van der Waals surface area (Å²) >= 11 is 0. The van der Waals surface area contributed by atoms with E-state index in [4.69, 9.17) is 4.74 Å². The number of aromatic amines is 1. The molecule has 1 unspecified atom stereocenters. The van der Waals surface area contributed by atoms with Crippen molar-refractivity contribution < 1.29 is 9.53 Å². The SMILES string of the molecule is O=C(NC1COC2(CC2)C1)c1cc2ccncc2[nH]1. The van der Waals surface area contributed by atoms with E-state index in [1.807, 2.05) is 12.1 Å². The Morgan fingerprint density at radius 1 is 1.53 bits per heavy atom. The molecule has 1 saturated heterocycles. The van der Waals surface area contributed by atoms with E-state index in [1.54, 1.807) is 12.4 Å². The van der Waals surface area contributed by atoms with Crippen molar-refractivity contribution >= 4 is 16.8 Å². The van der Waals surface area contributed by atoms with Gasteiger partial charge >= 0.3 is 0 Å². The molecule has 5 heteroatoms. The van der Waals surface area contributed by atoms with Crippen LogP contribution in [0.1, 0.15) is 29.8 Å². The van der Waals surface area contributed by atoms with E-state index in [1.165, 1.54) is 0 Å². The smallest absolute Gasteiger partial charge is 0.268 e. The van der Waals surface area contributed by atoms with E-state index in [-0.39, 0.29) is 17.6 Å². The second-order valence-corrected chi connectivity index (χ2v) is 5.51. The molecule has 2 aliphatic rings. The predicted octanol–water partition coefficient (Wildman–Crippen LogP) is 1.61. The number of H-pyrrole nitrogens is 1. The zero-order chi connectivity index (χ0) is 12.9. The van der Waals surface area contributed by atoms with Crippen LogP contribution in [0.3, 0.4) is 0 Å². The van der Waals surface area contributed by atoms with Crippen LogP contribution in [0, 0.1) is 0 Å². The molecule has 0 bridgehead atoms. The summed E-state index contributed by atoms with van der Waals surface area (Å²) in [5.74, 6) is -0.0671. The molecule has 19 heavy (non-hydrogen) atoms. The number of hydrogen-bond acceptors (Lipinski definition) is 3. The number of rotatable bonds is 2. The van der Waals surface area contributed by atoms with Crippen molar-refractivity contribution in [3.05, 3.63) is 30.2 Å². The normalized spacial score (nSPS) is 23.9. The maximum absolute atomic E-state index is 12.2. The van der Waals surface area contributed by atoms with Crippen molar-refractivity contribution in [3.63, 3.8) is 0 Å². The van der Waals surface area contributed by atoms with Gasteiger partial charge in [0.25, 0.3) is 5.91 Å². The lowest BCUT2D eigenvalue weighted by molar-refractivity contribution is 0.0843. The third-order valence-corrected chi connectivity index (χ3v) is 4.02. The van der Waals surface area contributed by atoms with E-state index in [9.17, 15) is 4.79 Å². The highest BCUT2D eigenvalue weighted by atomic mass is 16.5. The average Bonchev–Trinajstić information content (AvgIpc) is 2.87. The minimum absolute atomic E-state index is 0.0671. The first kappa shape index (κ1) is 11.0. The van der Waals surface area contributed by atoms with Gasteiger partial charge in [-0.3, -0.25) is 9.78 Å². The number of carbonyl (C=O) groups excluding carboxylic acids is 1. The molecule has 2 N–H and O–H groups in total. The molecular weight excluding hydrogens is 242 g/mol. The van der Waals surface area contributed by atoms with Gasteiger partial charge in [-0.25, -0.2) is 0 Å². The molecule has 2 aromatic heterocycles. The van der Waals surface area contributed by atoms with E-state index in [0.29, 0.717) is 12.3 Å². The Morgan fingerprint density at radius 2 is 2.42 bits per heavy atom. The Kier molecular flexibility index (Phi) is 2.20. The molecule has 1 saturated carbocycles. The molecular formula is C14H15N3O2. The lowest BCUT2D eigenvalue weighted by atomic mass is 10.1. The first-order chi connectivity index (χ1) is 9.24. The van der Waals surface area contributed by atoms with Crippen LogP contribution in [-0.4, -0.2) is 34.1 Å². The number of nitrogens with zero attached hydrogens (tertiary/aromatic N) is 1. The summed E-state index contributed by atoms with van der Waals surface area (Å²) in [5, 5.41) is 4.04. The summed E-state index contributed by atoms with van der Waals surface area (Å²) < 4.78 is 5.72. The van der Waals surface area contributed by atoms with Crippen molar-refractivity contribution in [2.24, 2.45) is 0 Å². The quantitative estimate of drug-likeness (QED) is 0.859. The second-order valence-electron chi connectivity index (χ2n) is 5.51. The van der Waals surface area contributed by atoms with Crippen LogP contribution in [0.5, 0.6) is 0 Å². The molecule has 1 amide bonds. The lowest BCUT2D eigenvalue weighted by Gasteiger charge is -2.09. The molecule has 1 aliphatic heterocycles. The Bertz CT molecular complexity index is 612. The molecule has 4 rings (SSSR count). The highest BCUT2D eigenvalue weighted by molar-refractivity contribution is 5.97. The summed E-state index contributed by atoms with van der Waals surface area (Å²) in [7, 11) is 0. The van der Waals surface area contributed by atoms with Crippen molar-refractivity contribution in [2.45, 2.75) is 30.9 Å². The fraction of sp³-hybridized carbons (Fsp3) is 0.429. The fourth-order valence-electron chi connectivity index (χ4n) is 2.78. The van der Waals surface area contributed by atoms with Crippen LogP contribution >= 0.6 is 0 Å². The van der Waals surface area contributed by atoms with Gasteiger partial charge in [-0.2, -0.15) is 0 Å². The van der Waals surface area contributed by atoms with Gasteiger partial charge in [0.05, 0.1) is 30.0 Å². The maximum Gasteiger partial charge on any atom is 0.268 e. The third kappa shape index (κ3) is 1.90. The van der Waals surface area contributed by atoms with Gasteiger partial charge in [0, 0.05) is 11.6 Å². The van der Waals surface area contributed by atoms with E-state index in [2.05, 4.69) is 15.3 Å². The van der Waals surface area contributed by atoms with Gasteiger partial charge in [0.2, 0.25) is 0 Å². The third-order valence-electron chi connectivity index (χ3n) is 4.02. The van der Waals surface area contributed by atoms with Crippen molar-refractivity contribution in [2.75, 3.05) is 6.61 Å². The summed E-state index contributed by atoms with van der Waals surface area (Å²) in [6, 6.07) is 3.88. The van der Waals surface area contributed by atoms with Gasteiger partial charge in [-0.1, -0.05) is 0 Å². The number of fused-ring (bicyclic) bond motifs is 1. The van der Waals surface area contributed by atoms with Crippen LogP contribution in [-0.2, 0) is 4.74 Å². The fourth-order valence-corrected chi connectivity index (χ4v) is 2.78. The number of ether oxygens (including phenoxy) is 1. The number of pyridine rings is 1. The number of aromatic nitrogens is 2. The van der Waals surface area contributed by atoms with Gasteiger partial charge < -0.3 is 15.0 Å². The maximum atomic E-state index is 12.2. The van der Waals surface area contributed by atoms with E-state index < -0.39 is 0 Å². The van der Waals surface area contributed by atoms with Crippen LogP contribution in [0.15, 0.2) is 24.5 Å². The summed E-state index contributed by atoms with van der Waals surface area (Å²) in [5.41, 5.74) is 1.57. The Hall–Kier alpha value is -1.88. The molecule has 1 aliphatic carbocycles. The van der Waals surface area contributed by atoms with Crippen LogP contribution < -0.4 is 5.32 Å². The monoisotopic (exact) mass is 257 g/mol. The first-order valence-corrected chi connectivity index (χ1v) is 6.62. The topological polar surface area (TPSA) is 67.0 Å². The number of nitrogens with one attached hydrogen (secondary N) is 2. The van der Waals surface area contributed by atoms with E-state index >= 15 is 0 Å². The highest BCUT2D eigenvalue weighted by Gasteiger charge is 2.50. The zero-order valence-electron chi connectivity index (χ0n) is 10.5. The van der Waals surface area contributed by atoms with Crippen molar-refractivity contribution in [1.29, 1.82) is 0 Å².